The maximum Gasteiger partial charge on any atom is 0.573 e. The molecule has 1 N–H and O–H groups in total. The molecule has 7 nitrogen and oxygen atoms in total. The first-order valence-corrected chi connectivity index (χ1v) is 12.7. The number of rotatable bonds is 8. The number of hydrogen-bond acceptors (Lipinski definition) is 5. The Kier molecular flexibility index (Phi) is 8.19. The van der Waals surface area contributed by atoms with Gasteiger partial charge in [0.15, 0.2) is 5.82 Å². The number of aromatic nitrogens is 3. The highest BCUT2D eigenvalue weighted by molar-refractivity contribution is 6.05. The lowest BCUT2D eigenvalue weighted by Crippen LogP contribution is -2.41. The average molecular weight is 634 g/mol. The van der Waals surface area contributed by atoms with Gasteiger partial charge in [-0.1, -0.05) is 30.3 Å². The topological polar surface area (TPSA) is 78.3 Å². The molecule has 232 valence electrons. The van der Waals surface area contributed by atoms with Crippen LogP contribution in [0.4, 0.5) is 40.8 Å². The molecule has 0 aliphatic carbocycles. The average Bonchev–Trinajstić information content (AvgIpc) is 3.47. The highest BCUT2D eigenvalue weighted by atomic mass is 19.4. The maximum atomic E-state index is 13.1. The van der Waals surface area contributed by atoms with Crippen molar-refractivity contribution >= 4 is 11.6 Å². The second-order valence-electron chi connectivity index (χ2n) is 9.28. The Morgan fingerprint density at radius 3 is 2.09 bits per heavy atom. The number of halogens is 8. The second kappa shape index (κ2) is 11.9. The fraction of sp³-hybridized carbons (Fsp3) is 0.100. The van der Waals surface area contributed by atoms with Crippen molar-refractivity contribution in [1.29, 1.82) is 0 Å². The van der Waals surface area contributed by atoms with Crippen LogP contribution in [0.5, 0.6) is 11.5 Å². The van der Waals surface area contributed by atoms with Gasteiger partial charge >= 0.3 is 18.6 Å². The van der Waals surface area contributed by atoms with E-state index in [0.717, 1.165) is 12.1 Å². The number of anilines is 1. The Hall–Kier alpha value is -5.47. The minimum absolute atomic E-state index is 0.146. The van der Waals surface area contributed by atoms with Crippen molar-refractivity contribution in [2.45, 2.75) is 18.6 Å². The molecule has 5 rings (SSSR count). The van der Waals surface area contributed by atoms with Crippen LogP contribution in [0.25, 0.3) is 28.2 Å². The number of nitrogens with one attached hydrogen (secondary N) is 1. The molecule has 1 amide bonds. The van der Waals surface area contributed by atoms with Gasteiger partial charge < -0.3 is 14.8 Å². The zero-order chi connectivity index (χ0) is 32.4. The summed E-state index contributed by atoms with van der Waals surface area (Å²) in [6, 6.07) is 22.2. The molecule has 0 radical (unpaired) electrons. The predicted molar refractivity (Wildman–Crippen MR) is 145 cm³/mol. The molecule has 5 aromatic rings. The van der Waals surface area contributed by atoms with Gasteiger partial charge in [-0.15, -0.1) is 18.3 Å². The van der Waals surface area contributed by atoms with Crippen molar-refractivity contribution in [3.8, 4) is 39.7 Å². The molecule has 0 saturated carbocycles. The summed E-state index contributed by atoms with van der Waals surface area (Å²) in [4.78, 5) is 17.1. The van der Waals surface area contributed by atoms with Gasteiger partial charge in [0.25, 0.3) is 5.91 Å². The molecule has 4 aromatic carbocycles. The van der Waals surface area contributed by atoms with E-state index in [1.165, 1.54) is 59.5 Å². The Bertz CT molecular complexity index is 1800. The summed E-state index contributed by atoms with van der Waals surface area (Å²) in [5, 5.41) is 6.97. The molecular weight excluding hydrogens is 616 g/mol. The molecule has 0 fully saturated rings. The minimum Gasteiger partial charge on any atom is -0.426 e. The van der Waals surface area contributed by atoms with E-state index >= 15 is 0 Å². The minimum atomic E-state index is -5.87. The number of alkyl halides is 8. The van der Waals surface area contributed by atoms with Crippen LogP contribution in [-0.2, 0) is 0 Å². The lowest BCUT2D eigenvalue weighted by atomic mass is 10.0. The molecule has 0 unspecified atom stereocenters. The first-order chi connectivity index (χ1) is 21.2. The molecule has 0 saturated heterocycles. The molecule has 45 heavy (non-hydrogen) atoms. The second-order valence-corrected chi connectivity index (χ2v) is 9.28. The van der Waals surface area contributed by atoms with Crippen molar-refractivity contribution in [3.05, 3.63) is 109 Å². The molecule has 0 bridgehead atoms. The highest BCUT2D eigenvalue weighted by Gasteiger charge is 2.61. The summed E-state index contributed by atoms with van der Waals surface area (Å²) in [5.41, 5.74) is 1.88. The van der Waals surface area contributed by atoms with Crippen molar-refractivity contribution in [2.24, 2.45) is 0 Å². The van der Waals surface area contributed by atoms with Gasteiger partial charge in [-0.3, -0.25) is 4.79 Å². The van der Waals surface area contributed by atoms with E-state index in [2.05, 4.69) is 24.9 Å². The van der Waals surface area contributed by atoms with Crippen LogP contribution in [0.1, 0.15) is 10.4 Å². The summed E-state index contributed by atoms with van der Waals surface area (Å²) in [7, 11) is 0. The molecule has 0 atom stereocenters. The number of para-hydroxylation sites is 1. The predicted octanol–water partition coefficient (Wildman–Crippen LogP) is 8.29. The number of carbonyl (C=O) groups excluding carboxylic acids is 1. The van der Waals surface area contributed by atoms with Crippen molar-refractivity contribution < 1.29 is 49.4 Å². The first kappa shape index (κ1) is 31.0. The molecule has 15 heteroatoms. The van der Waals surface area contributed by atoms with Gasteiger partial charge in [0.1, 0.15) is 17.8 Å². The van der Waals surface area contributed by atoms with Crippen molar-refractivity contribution in [2.75, 3.05) is 5.32 Å². The molecule has 0 aliphatic heterocycles. The summed E-state index contributed by atoms with van der Waals surface area (Å²) < 4.78 is 111. The van der Waals surface area contributed by atoms with E-state index in [1.54, 1.807) is 36.4 Å². The number of benzene rings is 4. The van der Waals surface area contributed by atoms with Crippen LogP contribution in [0.3, 0.4) is 0 Å². The van der Waals surface area contributed by atoms with Crippen molar-refractivity contribution in [3.63, 3.8) is 0 Å². The van der Waals surface area contributed by atoms with Crippen LogP contribution >= 0.6 is 0 Å². The highest BCUT2D eigenvalue weighted by Crippen LogP contribution is 2.37. The SMILES string of the molecule is O=C(Nc1ccc(-c2ncn(-c3ccc(OC(F)(F)C(F)(F)F)cc3)n2)cc1)c1cccc(-c2ccccc2OC(F)(F)F)c1. The van der Waals surface area contributed by atoms with Crippen LogP contribution in [0, 0.1) is 0 Å². The fourth-order valence-electron chi connectivity index (χ4n) is 4.05. The number of carbonyl (C=O) groups is 1. The van der Waals surface area contributed by atoms with E-state index in [9.17, 15) is 39.9 Å². The van der Waals surface area contributed by atoms with Gasteiger partial charge in [0.2, 0.25) is 0 Å². The van der Waals surface area contributed by atoms with Gasteiger partial charge in [-0.05, 0) is 72.3 Å². The number of nitrogens with zero attached hydrogens (tertiary/aromatic N) is 3. The fourth-order valence-corrected chi connectivity index (χ4v) is 4.05. The van der Waals surface area contributed by atoms with E-state index in [-0.39, 0.29) is 17.0 Å². The molecule has 1 heterocycles. The monoisotopic (exact) mass is 634 g/mol. The zero-order valence-electron chi connectivity index (χ0n) is 22.4. The van der Waals surface area contributed by atoms with Crippen molar-refractivity contribution in [1.82, 2.24) is 14.8 Å². The maximum absolute atomic E-state index is 13.1. The number of hydrogen-bond donors (Lipinski definition) is 1. The standard InChI is InChI=1S/C30H18F8N4O3/c31-28(32,33)29(34,35)44-23-14-12-22(13-15-23)42-17-39-26(41-42)18-8-10-21(11-9-18)40-27(43)20-5-3-4-19(16-20)24-6-1-2-7-25(24)45-30(36,37)38/h1-17H,(H,40,43). The summed E-state index contributed by atoms with van der Waals surface area (Å²) in [6.07, 6.45) is -14.8. The largest absolute Gasteiger partial charge is 0.573 e. The third-order valence-corrected chi connectivity index (χ3v) is 6.12. The third kappa shape index (κ3) is 7.37. The Labute approximate surface area is 248 Å². The zero-order valence-corrected chi connectivity index (χ0v) is 22.4. The Morgan fingerprint density at radius 1 is 0.733 bits per heavy atom. The van der Waals surface area contributed by atoms with E-state index < -0.39 is 36.1 Å². The van der Waals surface area contributed by atoms with Crippen LogP contribution in [0.2, 0.25) is 0 Å². The van der Waals surface area contributed by atoms with E-state index in [1.807, 2.05) is 0 Å². The Morgan fingerprint density at radius 2 is 1.42 bits per heavy atom. The lowest BCUT2D eigenvalue weighted by molar-refractivity contribution is -0.360. The summed E-state index contributed by atoms with van der Waals surface area (Å²) in [6.45, 7) is 0. The molecule has 0 aliphatic rings. The molecule has 0 spiro atoms. The number of amides is 1. The van der Waals surface area contributed by atoms with E-state index in [4.69, 9.17) is 0 Å². The van der Waals surface area contributed by atoms with Gasteiger partial charge in [0.05, 0.1) is 5.69 Å². The summed E-state index contributed by atoms with van der Waals surface area (Å²) >= 11 is 0. The van der Waals surface area contributed by atoms with Gasteiger partial charge in [-0.2, -0.15) is 22.0 Å². The van der Waals surface area contributed by atoms with Gasteiger partial charge in [-0.25, -0.2) is 9.67 Å². The van der Waals surface area contributed by atoms with Crippen LogP contribution in [0.15, 0.2) is 103 Å². The smallest absolute Gasteiger partial charge is 0.426 e. The lowest BCUT2D eigenvalue weighted by Gasteiger charge is -2.20. The van der Waals surface area contributed by atoms with Gasteiger partial charge in [0, 0.05) is 22.4 Å². The summed E-state index contributed by atoms with van der Waals surface area (Å²) in [5.74, 6) is -1.40. The Balaban J connectivity index is 1.25. The normalized spacial score (nSPS) is 12.1. The molecule has 1 aromatic heterocycles. The number of ether oxygens (including phenoxy) is 2. The third-order valence-electron chi connectivity index (χ3n) is 6.12. The quantitative estimate of drug-likeness (QED) is 0.174. The van der Waals surface area contributed by atoms with Crippen LogP contribution < -0.4 is 14.8 Å². The van der Waals surface area contributed by atoms with E-state index in [0.29, 0.717) is 22.5 Å². The molecular formula is C30H18F8N4O3. The van der Waals surface area contributed by atoms with Crippen LogP contribution in [-0.4, -0.2) is 39.3 Å². The first-order valence-electron chi connectivity index (χ1n) is 12.7.